The van der Waals surface area contributed by atoms with E-state index in [0.717, 1.165) is 36.1 Å². The van der Waals surface area contributed by atoms with Crippen molar-refractivity contribution in [3.63, 3.8) is 0 Å². The van der Waals surface area contributed by atoms with Gasteiger partial charge in [0, 0.05) is 28.2 Å². The smallest absolute Gasteiger partial charge is 0.222 e. The van der Waals surface area contributed by atoms with Gasteiger partial charge in [-0.05, 0) is 36.6 Å². The van der Waals surface area contributed by atoms with Crippen LogP contribution in [0.5, 0.6) is 0 Å². The van der Waals surface area contributed by atoms with Gasteiger partial charge in [0.05, 0.1) is 5.92 Å². The van der Waals surface area contributed by atoms with Crippen LogP contribution < -0.4 is 11.1 Å². The highest BCUT2D eigenvalue weighted by atomic mass is 35.5. The van der Waals surface area contributed by atoms with E-state index >= 15 is 0 Å². The second kappa shape index (κ2) is 4.57. The van der Waals surface area contributed by atoms with Crippen molar-refractivity contribution in [2.45, 2.75) is 25.3 Å². The van der Waals surface area contributed by atoms with E-state index in [0.29, 0.717) is 5.02 Å². The molecule has 3 nitrogen and oxygen atoms in total. The van der Waals surface area contributed by atoms with Crippen molar-refractivity contribution in [1.29, 1.82) is 0 Å². The maximum atomic E-state index is 11.6. The quantitative estimate of drug-likeness (QED) is 0.828. The lowest BCUT2D eigenvalue weighted by molar-refractivity contribution is -0.123. The lowest BCUT2D eigenvalue weighted by Gasteiger charge is -2.43. The zero-order valence-corrected chi connectivity index (χ0v) is 11.4. The Bertz CT molecular complexity index is 555. The van der Waals surface area contributed by atoms with E-state index in [4.69, 9.17) is 17.3 Å². The van der Waals surface area contributed by atoms with Crippen molar-refractivity contribution in [2.75, 3.05) is 5.32 Å². The number of primary amides is 1. The van der Waals surface area contributed by atoms with E-state index in [-0.39, 0.29) is 23.8 Å². The summed E-state index contributed by atoms with van der Waals surface area (Å²) < 4.78 is 0. The Hall–Kier alpha value is -1.48. The lowest BCUT2D eigenvalue weighted by Crippen LogP contribution is -2.47. The summed E-state index contributed by atoms with van der Waals surface area (Å²) in [5.74, 6) is -0.0519. The van der Waals surface area contributed by atoms with Crippen molar-refractivity contribution >= 4 is 28.8 Å². The van der Waals surface area contributed by atoms with Crippen molar-refractivity contribution in [2.24, 2.45) is 17.6 Å². The first kappa shape index (κ1) is 12.5. The summed E-state index contributed by atoms with van der Waals surface area (Å²) >= 11 is 6.05. The number of nitrogens with one attached hydrogen (secondary N) is 1. The van der Waals surface area contributed by atoms with Crippen LogP contribution in [0.25, 0.3) is 5.57 Å². The third kappa shape index (κ3) is 2.02. The number of carbonyl (C=O) groups is 1. The molecule has 4 heteroatoms. The Kier molecular flexibility index (Phi) is 3.02. The fourth-order valence-corrected chi connectivity index (χ4v) is 3.57. The predicted molar refractivity (Wildman–Crippen MR) is 77.9 cm³/mol. The molecular formula is C15H17ClN2O. The van der Waals surface area contributed by atoms with E-state index in [2.05, 4.69) is 11.9 Å². The Morgan fingerprint density at radius 1 is 1.42 bits per heavy atom. The highest BCUT2D eigenvalue weighted by Gasteiger charge is 2.41. The number of amides is 1. The number of hydrogen-bond acceptors (Lipinski definition) is 2. The molecule has 1 aliphatic heterocycles. The highest BCUT2D eigenvalue weighted by Crippen LogP contribution is 2.45. The maximum absolute atomic E-state index is 11.6. The predicted octanol–water partition coefficient (Wildman–Crippen LogP) is 3.05. The molecule has 19 heavy (non-hydrogen) atoms. The van der Waals surface area contributed by atoms with Crippen molar-refractivity contribution < 1.29 is 4.79 Å². The van der Waals surface area contributed by atoms with Gasteiger partial charge in [-0.2, -0.15) is 0 Å². The summed E-state index contributed by atoms with van der Waals surface area (Å²) in [5.41, 5.74) is 8.68. The molecule has 3 N–H and O–H groups in total. The Morgan fingerprint density at radius 2 is 2.21 bits per heavy atom. The van der Waals surface area contributed by atoms with Crippen molar-refractivity contribution in [3.05, 3.63) is 35.4 Å². The van der Waals surface area contributed by atoms with Crippen LogP contribution in [0.3, 0.4) is 0 Å². The molecule has 0 bridgehead atoms. The summed E-state index contributed by atoms with van der Waals surface area (Å²) in [5, 5.41) is 4.18. The number of fused-ring (bicyclic) bond motifs is 2. The molecule has 0 spiro atoms. The van der Waals surface area contributed by atoms with Gasteiger partial charge in [-0.15, -0.1) is 0 Å². The zero-order chi connectivity index (χ0) is 13.6. The third-order valence-corrected chi connectivity index (χ3v) is 4.60. The summed E-state index contributed by atoms with van der Waals surface area (Å²) in [6, 6.07) is 5.82. The van der Waals surface area contributed by atoms with E-state index < -0.39 is 0 Å². The largest absolute Gasteiger partial charge is 0.380 e. The first-order valence-electron chi connectivity index (χ1n) is 6.62. The topological polar surface area (TPSA) is 55.1 Å². The number of nitrogens with two attached hydrogens (primary N) is 1. The van der Waals surface area contributed by atoms with Crippen molar-refractivity contribution in [1.82, 2.24) is 0 Å². The normalized spacial score (nSPS) is 29.1. The average molecular weight is 277 g/mol. The summed E-state index contributed by atoms with van der Waals surface area (Å²) in [6.45, 7) is 4.22. The Morgan fingerprint density at radius 3 is 2.95 bits per heavy atom. The summed E-state index contributed by atoms with van der Waals surface area (Å²) in [7, 11) is 0. The minimum Gasteiger partial charge on any atom is -0.380 e. The number of hydrogen-bond donors (Lipinski definition) is 2. The monoisotopic (exact) mass is 276 g/mol. The molecule has 0 saturated heterocycles. The highest BCUT2D eigenvalue weighted by molar-refractivity contribution is 6.30. The second-order valence-electron chi connectivity index (χ2n) is 5.43. The van der Waals surface area contributed by atoms with Gasteiger partial charge in [0.15, 0.2) is 0 Å². The number of benzene rings is 1. The van der Waals surface area contributed by atoms with Gasteiger partial charge in [-0.3, -0.25) is 4.79 Å². The molecule has 1 aromatic rings. The summed E-state index contributed by atoms with van der Waals surface area (Å²) in [4.78, 5) is 11.6. The fourth-order valence-electron chi connectivity index (χ4n) is 3.40. The molecule has 1 saturated carbocycles. The second-order valence-corrected chi connectivity index (χ2v) is 5.87. The van der Waals surface area contributed by atoms with E-state index in [9.17, 15) is 4.79 Å². The molecule has 1 aromatic carbocycles. The van der Waals surface area contributed by atoms with E-state index in [1.165, 1.54) is 0 Å². The van der Waals surface area contributed by atoms with Crippen LogP contribution in [0, 0.1) is 11.8 Å². The molecule has 1 amide bonds. The minimum absolute atomic E-state index is 0.0763. The third-order valence-electron chi connectivity index (χ3n) is 4.36. The molecule has 1 aliphatic carbocycles. The Balaban J connectivity index is 2.02. The fraction of sp³-hybridized carbons (Fsp3) is 0.400. The number of carbonyl (C=O) groups excluding carboxylic acids is 1. The average Bonchev–Trinajstić information content (AvgIpc) is 2.39. The van der Waals surface area contributed by atoms with E-state index in [1.54, 1.807) is 0 Å². The molecular weight excluding hydrogens is 260 g/mol. The van der Waals surface area contributed by atoms with Gasteiger partial charge in [-0.1, -0.05) is 24.6 Å². The molecule has 1 heterocycles. The molecule has 0 radical (unpaired) electrons. The zero-order valence-electron chi connectivity index (χ0n) is 10.7. The molecule has 100 valence electrons. The molecule has 1 fully saturated rings. The summed E-state index contributed by atoms with van der Waals surface area (Å²) in [6.07, 6.45) is 2.93. The van der Waals surface area contributed by atoms with Gasteiger partial charge in [0.1, 0.15) is 0 Å². The van der Waals surface area contributed by atoms with Crippen LogP contribution in [-0.4, -0.2) is 11.9 Å². The van der Waals surface area contributed by atoms with Crippen LogP contribution in [-0.2, 0) is 4.79 Å². The van der Waals surface area contributed by atoms with Crippen LogP contribution in [0.2, 0.25) is 5.02 Å². The minimum atomic E-state index is -0.215. The lowest BCUT2D eigenvalue weighted by atomic mass is 9.70. The molecule has 3 rings (SSSR count). The molecule has 2 aliphatic rings. The van der Waals surface area contributed by atoms with Crippen molar-refractivity contribution in [3.8, 4) is 0 Å². The molecule has 3 atom stereocenters. The standard InChI is InChI=1S/C15H17ClN2O/c1-8-10-3-2-4-11(15(17)19)14(10)18-13-6-5-9(16)7-12(8)13/h5-7,10-11,14,18H,1-4H2,(H2,17,19)/t10?,11-,14+/m1/s1. The van der Waals surface area contributed by atoms with Crippen LogP contribution >= 0.6 is 11.6 Å². The van der Waals surface area contributed by atoms with E-state index in [1.807, 2.05) is 18.2 Å². The van der Waals surface area contributed by atoms with Gasteiger partial charge in [0.2, 0.25) is 5.91 Å². The van der Waals surface area contributed by atoms with Crippen LogP contribution in [0.1, 0.15) is 24.8 Å². The first-order valence-corrected chi connectivity index (χ1v) is 7.00. The van der Waals surface area contributed by atoms with Gasteiger partial charge < -0.3 is 11.1 Å². The number of anilines is 1. The Labute approximate surface area is 117 Å². The van der Waals surface area contributed by atoms with Gasteiger partial charge >= 0.3 is 0 Å². The maximum Gasteiger partial charge on any atom is 0.222 e. The van der Waals surface area contributed by atoms with Gasteiger partial charge in [0.25, 0.3) is 0 Å². The molecule has 0 aromatic heterocycles. The molecule has 1 unspecified atom stereocenters. The SMILES string of the molecule is C=C1c2cc(Cl)ccc2N[C@H]2C1CCC[C@H]2C(N)=O. The number of rotatable bonds is 1. The van der Waals surface area contributed by atoms with Gasteiger partial charge in [-0.25, -0.2) is 0 Å². The number of halogens is 1. The van der Waals surface area contributed by atoms with Crippen LogP contribution in [0.4, 0.5) is 5.69 Å². The first-order chi connectivity index (χ1) is 9.08. The van der Waals surface area contributed by atoms with Crippen LogP contribution in [0.15, 0.2) is 24.8 Å².